The second kappa shape index (κ2) is 9.60. The topological polar surface area (TPSA) is 80.6 Å². The highest BCUT2D eigenvalue weighted by atomic mass is 35.5. The summed E-state index contributed by atoms with van der Waals surface area (Å²) in [6.45, 7) is 11.2. The second-order valence-corrected chi connectivity index (χ2v) is 5.07. The van der Waals surface area contributed by atoms with E-state index in [9.17, 15) is 9.90 Å². The van der Waals surface area contributed by atoms with Crippen molar-refractivity contribution >= 4 is 17.6 Å². The molecule has 0 aliphatic carbocycles. The number of hydrogen-bond donors (Lipinski definition) is 2. The van der Waals surface area contributed by atoms with Crippen molar-refractivity contribution in [3.8, 4) is 5.75 Å². The molecule has 0 bridgehead atoms. The molecule has 1 rings (SSSR count). The number of nitrogens with zero attached hydrogens (tertiary/aromatic N) is 1. The van der Waals surface area contributed by atoms with Crippen LogP contribution in [0.2, 0.25) is 5.02 Å². The molecule has 0 aliphatic heterocycles. The van der Waals surface area contributed by atoms with Crippen molar-refractivity contribution in [2.75, 3.05) is 32.8 Å². The number of likely N-dealkylation sites (N-methyl/N-ethyl adjacent to an activating group) is 1. The molecule has 0 saturated carbocycles. The lowest BCUT2D eigenvalue weighted by Crippen LogP contribution is -2.49. The SMILES string of the molecule is CC[N+](CC)(CC)CCO.O=C([O-])c1cccc(Cl)c1O. The molecule has 1 aromatic carbocycles. The van der Waals surface area contributed by atoms with Gasteiger partial charge in [-0.1, -0.05) is 17.7 Å². The van der Waals surface area contributed by atoms with Crippen molar-refractivity contribution in [3.05, 3.63) is 28.8 Å². The summed E-state index contributed by atoms with van der Waals surface area (Å²) in [6.07, 6.45) is 0. The lowest BCUT2D eigenvalue weighted by Gasteiger charge is -2.34. The van der Waals surface area contributed by atoms with Crippen molar-refractivity contribution in [3.63, 3.8) is 0 Å². The molecule has 0 heterocycles. The third-order valence-electron chi connectivity index (χ3n) is 3.79. The van der Waals surface area contributed by atoms with Gasteiger partial charge in [0.15, 0.2) is 0 Å². The third-order valence-corrected chi connectivity index (χ3v) is 4.10. The van der Waals surface area contributed by atoms with Crippen LogP contribution >= 0.6 is 11.6 Å². The summed E-state index contributed by atoms with van der Waals surface area (Å²) in [7, 11) is 0. The summed E-state index contributed by atoms with van der Waals surface area (Å²) in [6, 6.07) is 4.03. The van der Waals surface area contributed by atoms with E-state index in [1.54, 1.807) is 0 Å². The molecule has 2 N–H and O–H groups in total. The van der Waals surface area contributed by atoms with Gasteiger partial charge in [-0.2, -0.15) is 0 Å². The lowest BCUT2D eigenvalue weighted by atomic mass is 10.2. The van der Waals surface area contributed by atoms with Crippen LogP contribution in [0.1, 0.15) is 31.1 Å². The molecule has 6 heteroatoms. The number of rotatable bonds is 6. The minimum absolute atomic E-state index is 0.00620. The van der Waals surface area contributed by atoms with Crippen molar-refractivity contribution in [2.24, 2.45) is 0 Å². The van der Waals surface area contributed by atoms with Crippen LogP contribution in [0.4, 0.5) is 0 Å². The van der Waals surface area contributed by atoms with Crippen LogP contribution in [-0.4, -0.2) is 53.5 Å². The number of para-hydroxylation sites is 1. The molecular formula is C15H24ClNO4. The monoisotopic (exact) mass is 317 g/mol. The highest BCUT2D eigenvalue weighted by Crippen LogP contribution is 2.25. The Morgan fingerprint density at radius 3 is 2.05 bits per heavy atom. The highest BCUT2D eigenvalue weighted by molar-refractivity contribution is 6.32. The second-order valence-electron chi connectivity index (χ2n) is 4.66. The fraction of sp³-hybridized carbons (Fsp3) is 0.533. The van der Waals surface area contributed by atoms with Crippen molar-refractivity contribution in [1.82, 2.24) is 0 Å². The predicted molar refractivity (Wildman–Crippen MR) is 81.3 cm³/mol. The maximum atomic E-state index is 10.2. The zero-order valence-electron chi connectivity index (χ0n) is 12.8. The Balaban J connectivity index is 0.000000384. The zero-order chi connectivity index (χ0) is 16.5. The normalized spacial score (nSPS) is 10.7. The van der Waals surface area contributed by atoms with Crippen LogP contribution in [-0.2, 0) is 0 Å². The first-order chi connectivity index (χ1) is 9.87. The van der Waals surface area contributed by atoms with Gasteiger partial charge in [-0.05, 0) is 32.9 Å². The van der Waals surface area contributed by atoms with Gasteiger partial charge in [-0.3, -0.25) is 0 Å². The van der Waals surface area contributed by atoms with E-state index in [1.807, 2.05) is 0 Å². The number of carboxylic acids is 1. The van der Waals surface area contributed by atoms with Gasteiger partial charge in [0.1, 0.15) is 12.3 Å². The number of aliphatic hydroxyl groups is 1. The first-order valence-electron chi connectivity index (χ1n) is 7.02. The fourth-order valence-corrected chi connectivity index (χ4v) is 2.21. The third kappa shape index (κ3) is 5.91. The largest absolute Gasteiger partial charge is 0.545 e. The quantitative estimate of drug-likeness (QED) is 0.774. The number of aromatic carboxylic acids is 1. The maximum absolute atomic E-state index is 10.2. The van der Waals surface area contributed by atoms with Gasteiger partial charge in [0.2, 0.25) is 0 Å². The number of halogens is 1. The molecule has 0 unspecified atom stereocenters. The van der Waals surface area contributed by atoms with E-state index >= 15 is 0 Å². The number of quaternary nitrogens is 1. The van der Waals surface area contributed by atoms with E-state index in [0.717, 1.165) is 30.7 Å². The molecule has 1 aromatic rings. The Labute approximate surface area is 131 Å². The van der Waals surface area contributed by atoms with Crippen LogP contribution in [0.3, 0.4) is 0 Å². The van der Waals surface area contributed by atoms with Crippen LogP contribution in [0.15, 0.2) is 18.2 Å². The van der Waals surface area contributed by atoms with E-state index in [4.69, 9.17) is 21.8 Å². The highest BCUT2D eigenvalue weighted by Gasteiger charge is 2.18. The summed E-state index contributed by atoms with van der Waals surface area (Å²) in [5, 5.41) is 28.0. The number of aromatic hydroxyl groups is 1. The maximum Gasteiger partial charge on any atom is 0.143 e. The molecule has 0 aromatic heterocycles. The number of carbonyl (C=O) groups is 1. The molecule has 0 atom stereocenters. The molecule has 0 spiro atoms. The number of hydrogen-bond acceptors (Lipinski definition) is 4. The fourth-order valence-electron chi connectivity index (χ4n) is 2.04. The Morgan fingerprint density at radius 1 is 1.24 bits per heavy atom. The standard InChI is InChI=1S/C8H20NO.C7H5ClO3/c1-4-9(5-2,6-3)7-8-10;8-5-3-1-2-4(6(5)9)7(10)11/h10H,4-8H2,1-3H3;1-3,9H,(H,10,11)/q+1;/p-1. The van der Waals surface area contributed by atoms with Gasteiger partial charge in [0.25, 0.3) is 0 Å². The minimum atomic E-state index is -1.44. The van der Waals surface area contributed by atoms with E-state index in [1.165, 1.54) is 18.2 Å². The summed E-state index contributed by atoms with van der Waals surface area (Å²) < 4.78 is 1.05. The summed E-state index contributed by atoms with van der Waals surface area (Å²) in [5.74, 6) is -1.89. The summed E-state index contributed by atoms with van der Waals surface area (Å²) in [4.78, 5) is 10.2. The molecule has 0 fully saturated rings. The average Bonchev–Trinajstić information content (AvgIpc) is 2.48. The van der Waals surface area contributed by atoms with Gasteiger partial charge >= 0.3 is 0 Å². The number of carboxylic acid groups (broad SMARTS) is 1. The van der Waals surface area contributed by atoms with E-state index in [2.05, 4.69) is 20.8 Å². The van der Waals surface area contributed by atoms with Gasteiger partial charge in [0.05, 0.1) is 37.2 Å². The molecule has 21 heavy (non-hydrogen) atoms. The zero-order valence-corrected chi connectivity index (χ0v) is 13.6. The van der Waals surface area contributed by atoms with E-state index < -0.39 is 11.7 Å². The van der Waals surface area contributed by atoms with Gasteiger partial charge in [0, 0.05) is 5.56 Å². The van der Waals surface area contributed by atoms with Crippen LogP contribution < -0.4 is 5.11 Å². The number of aliphatic hydroxyl groups excluding tert-OH is 1. The van der Waals surface area contributed by atoms with Crippen molar-refractivity contribution in [1.29, 1.82) is 0 Å². The van der Waals surface area contributed by atoms with Crippen LogP contribution in [0.25, 0.3) is 0 Å². The van der Waals surface area contributed by atoms with E-state index in [0.29, 0.717) is 6.61 Å². The number of carbonyl (C=O) groups excluding carboxylic acids is 1. The first kappa shape index (κ1) is 19.7. The molecular weight excluding hydrogens is 294 g/mol. The van der Waals surface area contributed by atoms with Crippen molar-refractivity contribution in [2.45, 2.75) is 20.8 Å². The molecule has 5 nitrogen and oxygen atoms in total. The smallest absolute Gasteiger partial charge is 0.143 e. The Bertz CT molecular complexity index is 439. The molecule has 0 saturated heterocycles. The van der Waals surface area contributed by atoms with Crippen molar-refractivity contribution < 1.29 is 24.6 Å². The number of benzene rings is 1. The molecule has 0 amide bonds. The summed E-state index contributed by atoms with van der Waals surface area (Å²) >= 11 is 5.42. The summed E-state index contributed by atoms with van der Waals surface area (Å²) in [5.41, 5.74) is -0.294. The Morgan fingerprint density at radius 2 is 1.76 bits per heavy atom. The average molecular weight is 318 g/mol. The van der Waals surface area contributed by atoms with Gasteiger partial charge < -0.3 is 24.6 Å². The molecule has 0 radical (unpaired) electrons. The Hall–Kier alpha value is -1.30. The Kier molecular flexibility index (Phi) is 9.01. The van der Waals surface area contributed by atoms with Gasteiger partial charge in [-0.15, -0.1) is 0 Å². The number of phenols is 1. The van der Waals surface area contributed by atoms with Crippen LogP contribution in [0, 0.1) is 0 Å². The molecule has 120 valence electrons. The van der Waals surface area contributed by atoms with E-state index in [-0.39, 0.29) is 10.6 Å². The first-order valence-corrected chi connectivity index (χ1v) is 7.40. The van der Waals surface area contributed by atoms with Crippen LogP contribution in [0.5, 0.6) is 5.75 Å². The van der Waals surface area contributed by atoms with Gasteiger partial charge in [-0.25, -0.2) is 0 Å². The predicted octanol–water partition coefficient (Wildman–Crippen LogP) is 1.26. The molecule has 0 aliphatic rings. The minimum Gasteiger partial charge on any atom is -0.545 e. The lowest BCUT2D eigenvalue weighted by molar-refractivity contribution is -0.923.